The van der Waals surface area contributed by atoms with Crippen molar-refractivity contribution in [1.82, 2.24) is 0 Å². The zero-order valence-electron chi connectivity index (χ0n) is 10.9. The molecule has 0 radical (unpaired) electrons. The topological polar surface area (TPSA) is 63.4 Å². The van der Waals surface area contributed by atoms with E-state index in [0.717, 1.165) is 11.6 Å². The van der Waals surface area contributed by atoms with Crippen molar-refractivity contribution in [2.45, 2.75) is 11.3 Å². The number of halogens is 2. The number of nitrogens with two attached hydrogens (primary N) is 1. The molecular formula is C14H12ClFN2O2S. The van der Waals surface area contributed by atoms with Gasteiger partial charge in [0.2, 0.25) is 0 Å². The molecule has 1 aliphatic rings. The van der Waals surface area contributed by atoms with Gasteiger partial charge in [-0.15, -0.1) is 0 Å². The zero-order valence-corrected chi connectivity index (χ0v) is 12.5. The molecule has 0 saturated carbocycles. The van der Waals surface area contributed by atoms with Crippen LogP contribution in [0.1, 0.15) is 5.56 Å². The Morgan fingerprint density at radius 1 is 1.24 bits per heavy atom. The maximum Gasteiger partial charge on any atom is 0.267 e. The average Bonchev–Trinajstić information content (AvgIpc) is 2.87. The predicted molar refractivity (Wildman–Crippen MR) is 80.5 cm³/mol. The molecule has 2 aromatic carbocycles. The highest BCUT2D eigenvalue weighted by atomic mass is 35.5. The summed E-state index contributed by atoms with van der Waals surface area (Å²) in [4.78, 5) is -0.496. The van der Waals surface area contributed by atoms with Gasteiger partial charge in [0.15, 0.2) is 5.82 Å². The number of nitrogen functional groups attached to an aromatic ring is 1. The zero-order chi connectivity index (χ0) is 15.2. The second-order valence-electron chi connectivity index (χ2n) is 4.77. The highest BCUT2D eigenvalue weighted by molar-refractivity contribution is 7.92. The molecule has 3 rings (SSSR count). The summed E-state index contributed by atoms with van der Waals surface area (Å²) in [6.07, 6.45) is 0.590. The van der Waals surface area contributed by atoms with Gasteiger partial charge in [0, 0.05) is 12.2 Å². The van der Waals surface area contributed by atoms with Crippen molar-refractivity contribution >= 4 is 33.0 Å². The molecule has 2 aromatic rings. The van der Waals surface area contributed by atoms with Crippen LogP contribution in [0.2, 0.25) is 5.02 Å². The van der Waals surface area contributed by atoms with Crippen LogP contribution in [0.5, 0.6) is 0 Å². The lowest BCUT2D eigenvalue weighted by atomic mass is 10.2. The molecular weight excluding hydrogens is 315 g/mol. The van der Waals surface area contributed by atoms with Gasteiger partial charge in [-0.05, 0) is 30.2 Å². The SMILES string of the molecule is Nc1cc(Cl)c(F)c(S(=O)(=O)N2CCc3ccccc32)c1. The van der Waals surface area contributed by atoms with Gasteiger partial charge >= 0.3 is 0 Å². The first-order chi connectivity index (χ1) is 9.91. The maximum absolute atomic E-state index is 14.1. The van der Waals surface area contributed by atoms with Gasteiger partial charge in [-0.2, -0.15) is 0 Å². The Kier molecular flexibility index (Phi) is 3.30. The quantitative estimate of drug-likeness (QED) is 0.863. The predicted octanol–water partition coefficient (Wildman–Crippen LogP) is 2.81. The highest BCUT2D eigenvalue weighted by Crippen LogP contribution is 2.35. The van der Waals surface area contributed by atoms with Gasteiger partial charge in [-0.3, -0.25) is 4.31 Å². The van der Waals surface area contributed by atoms with Gasteiger partial charge in [0.05, 0.1) is 10.7 Å². The number of benzene rings is 2. The molecule has 0 atom stereocenters. The Labute approximate surface area is 127 Å². The smallest absolute Gasteiger partial charge is 0.267 e. The summed E-state index contributed by atoms with van der Waals surface area (Å²) in [5.41, 5.74) is 7.17. The fourth-order valence-electron chi connectivity index (χ4n) is 2.45. The molecule has 0 aromatic heterocycles. The van der Waals surface area contributed by atoms with E-state index in [0.29, 0.717) is 12.1 Å². The van der Waals surface area contributed by atoms with E-state index in [1.807, 2.05) is 12.1 Å². The lowest BCUT2D eigenvalue weighted by Gasteiger charge is -2.20. The number of para-hydroxylation sites is 1. The van der Waals surface area contributed by atoms with Crippen LogP contribution < -0.4 is 10.0 Å². The molecule has 1 aliphatic heterocycles. The molecule has 0 saturated heterocycles. The molecule has 0 amide bonds. The van der Waals surface area contributed by atoms with Gasteiger partial charge in [-0.1, -0.05) is 29.8 Å². The van der Waals surface area contributed by atoms with Crippen LogP contribution in [-0.4, -0.2) is 15.0 Å². The molecule has 0 bridgehead atoms. The molecule has 0 spiro atoms. The largest absolute Gasteiger partial charge is 0.399 e. The fraction of sp³-hybridized carbons (Fsp3) is 0.143. The normalized spacial score (nSPS) is 14.3. The summed E-state index contributed by atoms with van der Waals surface area (Å²) in [6, 6.07) is 9.42. The third-order valence-electron chi connectivity index (χ3n) is 3.43. The van der Waals surface area contributed by atoms with Gasteiger partial charge in [-0.25, -0.2) is 12.8 Å². The minimum Gasteiger partial charge on any atom is -0.399 e. The minimum absolute atomic E-state index is 0.104. The molecule has 110 valence electrons. The number of fused-ring (bicyclic) bond motifs is 1. The van der Waals surface area contributed by atoms with E-state index in [1.54, 1.807) is 12.1 Å². The van der Waals surface area contributed by atoms with Crippen LogP contribution in [0.25, 0.3) is 0 Å². The molecule has 0 fully saturated rings. The number of hydrogen-bond acceptors (Lipinski definition) is 3. The lowest BCUT2D eigenvalue weighted by molar-refractivity contribution is 0.565. The third kappa shape index (κ3) is 2.24. The van der Waals surface area contributed by atoms with Crippen molar-refractivity contribution in [2.75, 3.05) is 16.6 Å². The third-order valence-corrected chi connectivity index (χ3v) is 5.52. The van der Waals surface area contributed by atoms with Crippen LogP contribution in [0.3, 0.4) is 0 Å². The first-order valence-electron chi connectivity index (χ1n) is 6.26. The molecule has 0 unspecified atom stereocenters. The molecule has 2 N–H and O–H groups in total. The van der Waals surface area contributed by atoms with Crippen molar-refractivity contribution in [3.8, 4) is 0 Å². The standard InChI is InChI=1S/C14H12ClFN2O2S/c15-11-7-10(17)8-13(14(11)16)21(19,20)18-6-5-9-3-1-2-4-12(9)18/h1-4,7-8H,5-6,17H2. The van der Waals surface area contributed by atoms with Crippen LogP contribution in [0, 0.1) is 5.82 Å². The summed E-state index contributed by atoms with van der Waals surface area (Å²) in [5.74, 6) is -0.977. The Hall–Kier alpha value is -1.79. The fourth-order valence-corrected chi connectivity index (χ4v) is 4.36. The Morgan fingerprint density at radius 2 is 1.95 bits per heavy atom. The average molecular weight is 327 g/mol. The first kappa shape index (κ1) is 14.2. The molecule has 21 heavy (non-hydrogen) atoms. The van der Waals surface area contributed by atoms with E-state index >= 15 is 0 Å². The maximum atomic E-state index is 14.1. The summed E-state index contributed by atoms with van der Waals surface area (Å²) in [7, 11) is -4.03. The van der Waals surface area contributed by atoms with Crippen LogP contribution in [-0.2, 0) is 16.4 Å². The Balaban J connectivity index is 2.15. The molecule has 7 heteroatoms. The van der Waals surface area contributed by atoms with Crippen molar-refractivity contribution < 1.29 is 12.8 Å². The van der Waals surface area contributed by atoms with E-state index in [-0.39, 0.29) is 17.3 Å². The van der Waals surface area contributed by atoms with Gasteiger partial charge < -0.3 is 5.73 Å². The van der Waals surface area contributed by atoms with E-state index in [1.165, 1.54) is 10.4 Å². The van der Waals surface area contributed by atoms with Crippen molar-refractivity contribution in [1.29, 1.82) is 0 Å². The lowest BCUT2D eigenvalue weighted by Crippen LogP contribution is -2.30. The van der Waals surface area contributed by atoms with Crippen LogP contribution in [0.4, 0.5) is 15.8 Å². The Bertz CT molecular complexity index is 824. The summed E-state index contributed by atoms with van der Waals surface area (Å²) >= 11 is 5.69. The second-order valence-corrected chi connectivity index (χ2v) is 7.01. The summed E-state index contributed by atoms with van der Waals surface area (Å²) in [6.45, 7) is 0.271. The number of sulfonamides is 1. The van der Waals surface area contributed by atoms with E-state index in [9.17, 15) is 12.8 Å². The van der Waals surface area contributed by atoms with Crippen molar-refractivity contribution in [3.05, 3.63) is 52.8 Å². The number of hydrogen-bond donors (Lipinski definition) is 1. The highest BCUT2D eigenvalue weighted by Gasteiger charge is 2.33. The monoisotopic (exact) mass is 326 g/mol. The number of nitrogens with zero attached hydrogens (tertiary/aromatic N) is 1. The van der Waals surface area contributed by atoms with Gasteiger partial charge in [0.25, 0.3) is 10.0 Å². The van der Waals surface area contributed by atoms with E-state index in [2.05, 4.69) is 0 Å². The van der Waals surface area contributed by atoms with E-state index in [4.69, 9.17) is 17.3 Å². The minimum atomic E-state index is -4.03. The van der Waals surface area contributed by atoms with Gasteiger partial charge in [0.1, 0.15) is 4.90 Å². The van der Waals surface area contributed by atoms with Crippen LogP contribution in [0.15, 0.2) is 41.3 Å². The number of anilines is 2. The Morgan fingerprint density at radius 3 is 2.71 bits per heavy atom. The summed E-state index contributed by atoms with van der Waals surface area (Å²) in [5, 5.41) is -0.305. The second kappa shape index (κ2) is 4.89. The molecule has 4 nitrogen and oxygen atoms in total. The first-order valence-corrected chi connectivity index (χ1v) is 8.08. The van der Waals surface area contributed by atoms with Crippen molar-refractivity contribution in [3.63, 3.8) is 0 Å². The van der Waals surface area contributed by atoms with Crippen LogP contribution >= 0.6 is 11.6 Å². The summed E-state index contributed by atoms with van der Waals surface area (Å²) < 4.78 is 40.7. The van der Waals surface area contributed by atoms with E-state index < -0.39 is 20.7 Å². The van der Waals surface area contributed by atoms with Crippen molar-refractivity contribution in [2.24, 2.45) is 0 Å². The molecule has 1 heterocycles. The number of rotatable bonds is 2. The molecule has 0 aliphatic carbocycles.